The number of benzene rings is 1. The zero-order valence-corrected chi connectivity index (χ0v) is 13.1. The highest BCUT2D eigenvalue weighted by molar-refractivity contribution is 6.01. The number of azide groups is 1. The SMILES string of the molecule is CN1C(=O)N(C)C(c2ccccc2N=[N+]=[N-])C2=C1CCCC2=O. The minimum absolute atomic E-state index is 0.0539. The maximum Gasteiger partial charge on any atom is 0.324 e. The van der Waals surface area contributed by atoms with Gasteiger partial charge in [0, 0.05) is 42.4 Å². The van der Waals surface area contributed by atoms with Crippen LogP contribution < -0.4 is 0 Å². The zero-order valence-electron chi connectivity index (χ0n) is 13.1. The third kappa shape index (κ3) is 2.35. The molecule has 0 saturated carbocycles. The van der Waals surface area contributed by atoms with Crippen LogP contribution in [0.15, 0.2) is 40.6 Å². The molecule has 1 unspecified atom stereocenters. The molecule has 1 aliphatic heterocycles. The highest BCUT2D eigenvalue weighted by Crippen LogP contribution is 2.43. The predicted molar refractivity (Wildman–Crippen MR) is 84.8 cm³/mol. The number of hydrogen-bond donors (Lipinski definition) is 0. The van der Waals surface area contributed by atoms with Gasteiger partial charge in [0.15, 0.2) is 5.78 Å². The van der Waals surface area contributed by atoms with Gasteiger partial charge in [-0.3, -0.25) is 4.79 Å². The lowest BCUT2D eigenvalue weighted by molar-refractivity contribution is -0.117. The number of nitrogens with zero attached hydrogens (tertiary/aromatic N) is 5. The molecule has 2 amide bonds. The summed E-state index contributed by atoms with van der Waals surface area (Å²) >= 11 is 0. The molecular formula is C16H17N5O2. The highest BCUT2D eigenvalue weighted by atomic mass is 16.2. The first-order chi connectivity index (χ1) is 11.1. The number of allylic oxidation sites excluding steroid dienone is 1. The maximum atomic E-state index is 12.6. The summed E-state index contributed by atoms with van der Waals surface area (Å²) in [5.74, 6) is 0.0539. The molecular weight excluding hydrogens is 294 g/mol. The molecule has 0 N–H and O–H groups in total. The molecule has 0 bridgehead atoms. The maximum absolute atomic E-state index is 12.6. The first-order valence-electron chi connectivity index (χ1n) is 7.47. The van der Waals surface area contributed by atoms with Crippen LogP contribution in [0, 0.1) is 0 Å². The summed E-state index contributed by atoms with van der Waals surface area (Å²) in [5.41, 5.74) is 11.3. The fraction of sp³-hybridized carbons (Fsp3) is 0.375. The molecule has 118 valence electrons. The second-order valence-corrected chi connectivity index (χ2v) is 5.74. The van der Waals surface area contributed by atoms with Gasteiger partial charge in [0.1, 0.15) is 0 Å². The summed E-state index contributed by atoms with van der Waals surface area (Å²) in [6, 6.07) is 6.40. The number of carbonyl (C=O) groups is 2. The van der Waals surface area contributed by atoms with Crippen molar-refractivity contribution in [2.45, 2.75) is 25.3 Å². The van der Waals surface area contributed by atoms with Crippen LogP contribution in [0.25, 0.3) is 10.4 Å². The van der Waals surface area contributed by atoms with Gasteiger partial charge in [-0.25, -0.2) is 4.79 Å². The van der Waals surface area contributed by atoms with E-state index < -0.39 is 6.04 Å². The minimum Gasteiger partial charge on any atom is -0.316 e. The third-order valence-electron chi connectivity index (χ3n) is 4.47. The number of carbonyl (C=O) groups excluding carboxylic acids is 2. The molecule has 23 heavy (non-hydrogen) atoms. The summed E-state index contributed by atoms with van der Waals surface area (Å²) in [6.45, 7) is 0. The third-order valence-corrected chi connectivity index (χ3v) is 4.47. The molecule has 7 nitrogen and oxygen atoms in total. The first kappa shape index (κ1) is 15.1. The molecule has 7 heteroatoms. The van der Waals surface area contributed by atoms with Crippen LogP contribution in [-0.4, -0.2) is 35.7 Å². The summed E-state index contributed by atoms with van der Waals surface area (Å²) in [4.78, 5) is 31.0. The van der Waals surface area contributed by atoms with Crippen molar-refractivity contribution in [3.63, 3.8) is 0 Å². The normalized spacial score (nSPS) is 21.2. The summed E-state index contributed by atoms with van der Waals surface area (Å²) in [6.07, 6.45) is 1.94. The van der Waals surface area contributed by atoms with Gasteiger partial charge >= 0.3 is 6.03 Å². The van der Waals surface area contributed by atoms with Gasteiger partial charge in [-0.15, -0.1) is 0 Å². The van der Waals surface area contributed by atoms with E-state index in [9.17, 15) is 9.59 Å². The average Bonchev–Trinajstić information content (AvgIpc) is 2.55. The van der Waals surface area contributed by atoms with Gasteiger partial charge < -0.3 is 9.80 Å². The van der Waals surface area contributed by atoms with Crippen LogP contribution in [0.5, 0.6) is 0 Å². The Balaban J connectivity index is 2.24. The van der Waals surface area contributed by atoms with Crippen LogP contribution in [0.2, 0.25) is 0 Å². The number of rotatable bonds is 2. The van der Waals surface area contributed by atoms with Gasteiger partial charge in [-0.1, -0.05) is 29.4 Å². The quantitative estimate of drug-likeness (QED) is 0.473. The van der Waals surface area contributed by atoms with Crippen molar-refractivity contribution in [2.75, 3.05) is 14.1 Å². The molecule has 1 aromatic rings. The van der Waals surface area contributed by atoms with Gasteiger partial charge in [-0.05, 0) is 23.9 Å². The Morgan fingerprint density at radius 2 is 1.96 bits per heavy atom. The van der Waals surface area contributed by atoms with E-state index in [1.165, 1.54) is 4.90 Å². The van der Waals surface area contributed by atoms with Gasteiger partial charge in [0.2, 0.25) is 0 Å². The predicted octanol–water partition coefficient (Wildman–Crippen LogP) is 3.67. The fourth-order valence-corrected chi connectivity index (χ4v) is 3.38. The summed E-state index contributed by atoms with van der Waals surface area (Å²) in [7, 11) is 3.37. The van der Waals surface area contributed by atoms with E-state index in [2.05, 4.69) is 10.0 Å². The lowest BCUT2D eigenvalue weighted by Gasteiger charge is -2.42. The van der Waals surface area contributed by atoms with E-state index in [0.717, 1.165) is 12.1 Å². The molecule has 1 aromatic carbocycles. The van der Waals surface area contributed by atoms with E-state index >= 15 is 0 Å². The molecule has 0 saturated heterocycles. The minimum atomic E-state index is -0.511. The monoisotopic (exact) mass is 311 g/mol. The van der Waals surface area contributed by atoms with Crippen molar-refractivity contribution in [2.24, 2.45) is 5.11 Å². The van der Waals surface area contributed by atoms with Gasteiger partial charge in [0.25, 0.3) is 0 Å². The van der Waals surface area contributed by atoms with Crippen molar-refractivity contribution < 1.29 is 9.59 Å². The van der Waals surface area contributed by atoms with Crippen molar-refractivity contribution >= 4 is 17.5 Å². The standard InChI is InChI=1S/C16H17N5O2/c1-20-12-8-5-9-13(22)14(12)15(21(2)16(20)23)10-6-3-4-7-11(10)18-19-17/h3-4,6-7,15H,5,8-9H2,1-2H3. The Hall–Kier alpha value is -2.79. The summed E-state index contributed by atoms with van der Waals surface area (Å²) < 4.78 is 0. The van der Waals surface area contributed by atoms with Crippen molar-refractivity contribution in [1.82, 2.24) is 9.80 Å². The summed E-state index contributed by atoms with van der Waals surface area (Å²) in [5, 5.41) is 3.72. The largest absolute Gasteiger partial charge is 0.324 e. The van der Waals surface area contributed by atoms with Crippen molar-refractivity contribution in [1.29, 1.82) is 0 Å². The van der Waals surface area contributed by atoms with Gasteiger partial charge in [-0.2, -0.15) is 0 Å². The number of ketones is 1. The molecule has 0 radical (unpaired) electrons. The zero-order chi connectivity index (χ0) is 16.6. The van der Waals surface area contributed by atoms with E-state index in [1.54, 1.807) is 37.2 Å². The van der Waals surface area contributed by atoms with Crippen LogP contribution in [0.1, 0.15) is 30.9 Å². The molecule has 2 aliphatic rings. The van der Waals surface area contributed by atoms with Crippen LogP contribution in [0.3, 0.4) is 0 Å². The van der Waals surface area contributed by atoms with Crippen molar-refractivity contribution in [3.8, 4) is 0 Å². The Morgan fingerprint density at radius 1 is 1.22 bits per heavy atom. The van der Waals surface area contributed by atoms with E-state index in [4.69, 9.17) is 5.53 Å². The topological polar surface area (TPSA) is 89.4 Å². The molecule has 1 aliphatic carbocycles. The second kappa shape index (κ2) is 5.78. The Bertz CT molecular complexity index is 763. The second-order valence-electron chi connectivity index (χ2n) is 5.74. The number of amides is 2. The van der Waals surface area contributed by atoms with Crippen molar-refractivity contribution in [3.05, 3.63) is 51.5 Å². The average molecular weight is 311 g/mol. The number of urea groups is 1. The molecule has 0 aromatic heterocycles. The number of hydrogen-bond acceptors (Lipinski definition) is 3. The van der Waals surface area contributed by atoms with Crippen LogP contribution in [0.4, 0.5) is 10.5 Å². The van der Waals surface area contributed by atoms with Crippen LogP contribution >= 0.6 is 0 Å². The smallest absolute Gasteiger partial charge is 0.316 e. The highest BCUT2D eigenvalue weighted by Gasteiger charge is 2.41. The number of Topliss-reactive ketones (excluding diaryl/α,β-unsaturated/α-hetero) is 1. The molecule has 1 heterocycles. The number of likely N-dealkylation sites (N-methyl/N-ethyl adjacent to an activating group) is 1. The molecule has 0 spiro atoms. The lowest BCUT2D eigenvalue weighted by Crippen LogP contribution is -2.48. The Kier molecular flexibility index (Phi) is 3.80. The first-order valence-corrected chi connectivity index (χ1v) is 7.47. The Morgan fingerprint density at radius 3 is 2.70 bits per heavy atom. The van der Waals surface area contributed by atoms with Crippen LogP contribution in [-0.2, 0) is 4.79 Å². The van der Waals surface area contributed by atoms with E-state index in [0.29, 0.717) is 29.7 Å². The lowest BCUT2D eigenvalue weighted by atomic mass is 9.83. The molecule has 0 fully saturated rings. The van der Waals surface area contributed by atoms with E-state index in [-0.39, 0.29) is 11.8 Å². The van der Waals surface area contributed by atoms with E-state index in [1.807, 2.05) is 6.07 Å². The molecule has 1 atom stereocenters. The molecule has 3 rings (SSSR count). The van der Waals surface area contributed by atoms with Gasteiger partial charge in [0.05, 0.1) is 6.04 Å². The Labute approximate surface area is 133 Å². The fourth-order valence-electron chi connectivity index (χ4n) is 3.38.